The third-order valence-corrected chi connectivity index (χ3v) is 3.83. The van der Waals surface area contributed by atoms with E-state index in [0.29, 0.717) is 5.56 Å². The van der Waals surface area contributed by atoms with Gasteiger partial charge in [0.1, 0.15) is 5.75 Å². The maximum atomic E-state index is 12.3. The van der Waals surface area contributed by atoms with Gasteiger partial charge in [0.05, 0.1) is 5.56 Å². The Morgan fingerprint density at radius 1 is 1.11 bits per heavy atom. The van der Waals surface area contributed by atoms with Gasteiger partial charge in [-0.15, -0.1) is 0 Å². The number of rotatable bonds is 1. The van der Waals surface area contributed by atoms with E-state index in [2.05, 4.69) is 15.9 Å². The van der Waals surface area contributed by atoms with Gasteiger partial charge in [0.2, 0.25) is 0 Å². The maximum Gasteiger partial charge on any atom is 0.257 e. The highest BCUT2D eigenvalue weighted by Crippen LogP contribution is 2.24. The molecule has 1 N–H and O–H groups in total. The molecule has 0 saturated carbocycles. The summed E-state index contributed by atoms with van der Waals surface area (Å²) < 4.78 is 0.782. The highest BCUT2D eigenvalue weighted by molar-refractivity contribution is 9.10. The molecule has 1 fully saturated rings. The van der Waals surface area contributed by atoms with Crippen LogP contribution in [-0.2, 0) is 0 Å². The van der Waals surface area contributed by atoms with E-state index >= 15 is 0 Å². The van der Waals surface area contributed by atoms with Crippen LogP contribution in [-0.4, -0.2) is 29.0 Å². The number of likely N-dealkylation sites (tertiary alicyclic amines) is 1. The van der Waals surface area contributed by atoms with Gasteiger partial charge in [0.25, 0.3) is 5.91 Å². The van der Waals surface area contributed by atoms with Crippen LogP contribution in [0.3, 0.4) is 0 Å². The van der Waals surface area contributed by atoms with Crippen molar-refractivity contribution in [1.29, 1.82) is 0 Å². The highest BCUT2D eigenvalue weighted by Gasteiger charge is 2.19. The van der Waals surface area contributed by atoms with E-state index < -0.39 is 0 Å². The molecule has 0 spiro atoms. The third-order valence-electron chi connectivity index (χ3n) is 3.33. The molecule has 1 aliphatic rings. The summed E-state index contributed by atoms with van der Waals surface area (Å²) in [6.07, 6.45) is 5.77. The molecular formula is C14H18BrNO2. The normalized spacial score (nSPS) is 17.1. The summed E-state index contributed by atoms with van der Waals surface area (Å²) in [5, 5.41) is 9.84. The first-order valence-corrected chi connectivity index (χ1v) is 7.25. The number of nitrogens with zero attached hydrogens (tertiary/aromatic N) is 1. The number of hydrogen-bond acceptors (Lipinski definition) is 2. The van der Waals surface area contributed by atoms with Crippen LogP contribution in [0.15, 0.2) is 22.7 Å². The van der Waals surface area contributed by atoms with Crippen LogP contribution in [0.25, 0.3) is 0 Å². The van der Waals surface area contributed by atoms with Crippen molar-refractivity contribution in [3.8, 4) is 5.75 Å². The van der Waals surface area contributed by atoms with Gasteiger partial charge in [0.15, 0.2) is 0 Å². The zero-order valence-corrected chi connectivity index (χ0v) is 11.9. The van der Waals surface area contributed by atoms with Crippen molar-refractivity contribution in [1.82, 2.24) is 4.90 Å². The highest BCUT2D eigenvalue weighted by atomic mass is 79.9. The van der Waals surface area contributed by atoms with Gasteiger partial charge in [-0.2, -0.15) is 0 Å². The minimum absolute atomic E-state index is 0.0523. The Bertz CT molecular complexity index is 426. The summed E-state index contributed by atoms with van der Waals surface area (Å²) in [5.74, 6) is -0.00154. The number of carbonyl (C=O) groups excluding carboxylic acids is 1. The van der Waals surface area contributed by atoms with Crippen molar-refractivity contribution in [2.75, 3.05) is 13.1 Å². The van der Waals surface area contributed by atoms with E-state index in [0.717, 1.165) is 30.4 Å². The Morgan fingerprint density at radius 3 is 2.33 bits per heavy atom. The number of phenols is 1. The van der Waals surface area contributed by atoms with E-state index in [1.807, 2.05) is 4.90 Å². The molecular weight excluding hydrogens is 294 g/mol. The first kappa shape index (κ1) is 13.4. The van der Waals surface area contributed by atoms with Crippen molar-refractivity contribution < 1.29 is 9.90 Å². The van der Waals surface area contributed by atoms with E-state index in [1.165, 1.54) is 19.3 Å². The lowest BCUT2D eigenvalue weighted by atomic mass is 10.1. The smallest absolute Gasteiger partial charge is 0.257 e. The number of benzene rings is 1. The Kier molecular flexibility index (Phi) is 4.64. The first-order valence-electron chi connectivity index (χ1n) is 6.46. The SMILES string of the molecule is O=C(c1ccc(Br)cc1O)N1CCCCCCC1. The van der Waals surface area contributed by atoms with Crippen molar-refractivity contribution >= 4 is 21.8 Å². The molecule has 0 bridgehead atoms. The number of carbonyl (C=O) groups is 1. The molecule has 0 aromatic heterocycles. The molecule has 0 unspecified atom stereocenters. The molecule has 1 aromatic rings. The second kappa shape index (κ2) is 6.23. The van der Waals surface area contributed by atoms with Crippen LogP contribution < -0.4 is 0 Å². The topological polar surface area (TPSA) is 40.5 Å². The van der Waals surface area contributed by atoms with Crippen molar-refractivity contribution in [2.45, 2.75) is 32.1 Å². The fraction of sp³-hybridized carbons (Fsp3) is 0.500. The largest absolute Gasteiger partial charge is 0.507 e. The predicted octanol–water partition coefficient (Wildman–Crippen LogP) is 3.56. The first-order chi connectivity index (χ1) is 8.68. The summed E-state index contributed by atoms with van der Waals surface area (Å²) in [7, 11) is 0. The molecule has 1 aliphatic heterocycles. The van der Waals surface area contributed by atoms with E-state index in [-0.39, 0.29) is 11.7 Å². The van der Waals surface area contributed by atoms with Crippen LogP contribution in [0, 0.1) is 0 Å². The number of aromatic hydroxyl groups is 1. The number of hydrogen-bond donors (Lipinski definition) is 1. The lowest BCUT2D eigenvalue weighted by Crippen LogP contribution is -2.33. The predicted molar refractivity (Wildman–Crippen MR) is 74.8 cm³/mol. The molecule has 1 amide bonds. The average Bonchev–Trinajstić information content (AvgIpc) is 2.27. The lowest BCUT2D eigenvalue weighted by Gasteiger charge is -2.25. The molecule has 0 atom stereocenters. The fourth-order valence-electron chi connectivity index (χ4n) is 2.31. The minimum atomic E-state index is -0.0538. The fourth-order valence-corrected chi connectivity index (χ4v) is 2.66. The van der Waals surface area contributed by atoms with Crippen LogP contribution >= 0.6 is 15.9 Å². The van der Waals surface area contributed by atoms with Crippen LogP contribution in [0.2, 0.25) is 0 Å². The average molecular weight is 312 g/mol. The molecule has 0 radical (unpaired) electrons. The second-order valence-electron chi connectivity index (χ2n) is 4.72. The van der Waals surface area contributed by atoms with Gasteiger partial charge in [-0.3, -0.25) is 4.79 Å². The zero-order valence-electron chi connectivity index (χ0n) is 10.4. The van der Waals surface area contributed by atoms with Crippen LogP contribution in [0.4, 0.5) is 0 Å². The molecule has 1 heterocycles. The molecule has 0 aliphatic carbocycles. The Hall–Kier alpha value is -1.03. The second-order valence-corrected chi connectivity index (χ2v) is 5.64. The van der Waals surface area contributed by atoms with Gasteiger partial charge in [-0.1, -0.05) is 35.2 Å². The molecule has 4 heteroatoms. The van der Waals surface area contributed by atoms with Gasteiger partial charge in [-0.25, -0.2) is 0 Å². The van der Waals surface area contributed by atoms with E-state index in [9.17, 15) is 9.90 Å². The third kappa shape index (κ3) is 3.25. The quantitative estimate of drug-likeness (QED) is 0.861. The summed E-state index contributed by atoms with van der Waals surface area (Å²) in [5.41, 5.74) is 0.402. The maximum absolute atomic E-state index is 12.3. The molecule has 98 valence electrons. The van der Waals surface area contributed by atoms with Gasteiger partial charge >= 0.3 is 0 Å². The summed E-state index contributed by atoms with van der Waals surface area (Å²) in [6, 6.07) is 5.04. The summed E-state index contributed by atoms with van der Waals surface area (Å²) in [6.45, 7) is 1.60. The van der Waals surface area contributed by atoms with Crippen LogP contribution in [0.1, 0.15) is 42.5 Å². The Labute approximate surface area is 116 Å². The molecule has 1 saturated heterocycles. The summed E-state index contributed by atoms with van der Waals surface area (Å²) in [4.78, 5) is 14.2. The van der Waals surface area contributed by atoms with Crippen molar-refractivity contribution in [2.24, 2.45) is 0 Å². The van der Waals surface area contributed by atoms with Crippen LogP contribution in [0.5, 0.6) is 5.75 Å². The standard InChI is InChI=1S/C14H18BrNO2/c15-11-6-7-12(13(17)10-11)14(18)16-8-4-2-1-3-5-9-16/h6-7,10,17H,1-5,8-9H2. The summed E-state index contributed by atoms with van der Waals surface area (Å²) >= 11 is 3.28. The minimum Gasteiger partial charge on any atom is -0.507 e. The molecule has 2 rings (SSSR count). The van der Waals surface area contributed by atoms with Crippen molar-refractivity contribution in [3.63, 3.8) is 0 Å². The van der Waals surface area contributed by atoms with Gasteiger partial charge in [0, 0.05) is 17.6 Å². The monoisotopic (exact) mass is 311 g/mol. The Balaban J connectivity index is 2.13. The van der Waals surface area contributed by atoms with E-state index in [1.54, 1.807) is 18.2 Å². The molecule has 1 aromatic carbocycles. The van der Waals surface area contributed by atoms with Gasteiger partial charge in [-0.05, 0) is 31.0 Å². The lowest BCUT2D eigenvalue weighted by molar-refractivity contribution is 0.0739. The number of amides is 1. The zero-order chi connectivity index (χ0) is 13.0. The molecule has 18 heavy (non-hydrogen) atoms. The van der Waals surface area contributed by atoms with Crippen molar-refractivity contribution in [3.05, 3.63) is 28.2 Å². The number of halogens is 1. The van der Waals surface area contributed by atoms with E-state index in [4.69, 9.17) is 0 Å². The number of phenolic OH excluding ortho intramolecular Hbond substituents is 1. The molecule has 3 nitrogen and oxygen atoms in total. The van der Waals surface area contributed by atoms with Gasteiger partial charge < -0.3 is 10.0 Å². The Morgan fingerprint density at radius 2 is 1.72 bits per heavy atom.